The Labute approximate surface area is 130 Å². The summed E-state index contributed by atoms with van der Waals surface area (Å²) in [5.74, 6) is 2.82. The second kappa shape index (κ2) is 6.55. The monoisotopic (exact) mass is 291 g/mol. The highest BCUT2D eigenvalue weighted by atomic mass is 15.2. The predicted molar refractivity (Wildman–Crippen MR) is 86.9 cm³/mol. The molecule has 5 unspecified atom stereocenters. The fraction of sp³-hybridized carbons (Fsp3) is 1.00. The van der Waals surface area contributed by atoms with E-state index < -0.39 is 0 Å². The van der Waals surface area contributed by atoms with Gasteiger partial charge in [-0.15, -0.1) is 0 Å². The number of rotatable bonds is 2. The minimum atomic E-state index is 0.572. The van der Waals surface area contributed by atoms with Crippen molar-refractivity contribution in [3.8, 4) is 0 Å². The molecule has 3 heteroatoms. The van der Waals surface area contributed by atoms with E-state index in [1.165, 1.54) is 70.6 Å². The van der Waals surface area contributed by atoms with Crippen LogP contribution in [-0.2, 0) is 0 Å². The zero-order chi connectivity index (χ0) is 14.1. The molecule has 4 fully saturated rings. The third-order valence-corrected chi connectivity index (χ3v) is 6.87. The molecule has 1 heterocycles. The fourth-order valence-electron chi connectivity index (χ4n) is 5.79. The topological polar surface area (TPSA) is 36.1 Å². The van der Waals surface area contributed by atoms with Crippen molar-refractivity contribution in [1.29, 1.82) is 0 Å². The molecule has 1 saturated heterocycles. The van der Waals surface area contributed by atoms with E-state index in [1.807, 2.05) is 0 Å². The van der Waals surface area contributed by atoms with Crippen LogP contribution in [0.1, 0.15) is 70.6 Å². The quantitative estimate of drug-likeness (QED) is 0.732. The van der Waals surface area contributed by atoms with Crippen LogP contribution in [0, 0.1) is 17.8 Å². The molecule has 4 aliphatic rings. The largest absolute Gasteiger partial charge is 0.301 e. The molecule has 1 aliphatic heterocycles. The van der Waals surface area contributed by atoms with E-state index in [0.717, 1.165) is 36.5 Å². The van der Waals surface area contributed by atoms with Gasteiger partial charge in [-0.25, -0.2) is 0 Å². The van der Waals surface area contributed by atoms with Crippen LogP contribution < -0.4 is 16.0 Å². The average Bonchev–Trinajstić information content (AvgIpc) is 2.56. The Morgan fingerprint density at radius 3 is 2.38 bits per heavy atom. The van der Waals surface area contributed by atoms with Gasteiger partial charge in [0.05, 0.1) is 6.17 Å². The SMILES string of the molecule is C1CCC(NC2NCNC3C4CCCCC4CCC23)CC1. The summed E-state index contributed by atoms with van der Waals surface area (Å²) in [5.41, 5.74) is 0. The van der Waals surface area contributed by atoms with Crippen molar-refractivity contribution in [2.24, 2.45) is 17.8 Å². The molecule has 0 aromatic rings. The van der Waals surface area contributed by atoms with Crippen LogP contribution in [0.4, 0.5) is 0 Å². The first-order valence-electron chi connectivity index (χ1n) is 9.64. The van der Waals surface area contributed by atoms with Crippen molar-refractivity contribution >= 4 is 0 Å². The highest BCUT2D eigenvalue weighted by Gasteiger charge is 2.44. The molecular weight excluding hydrogens is 258 g/mol. The van der Waals surface area contributed by atoms with Crippen LogP contribution in [-0.4, -0.2) is 24.9 Å². The first-order chi connectivity index (χ1) is 10.4. The molecule has 0 spiro atoms. The van der Waals surface area contributed by atoms with Crippen LogP contribution in [0.3, 0.4) is 0 Å². The molecule has 0 aromatic carbocycles. The summed E-state index contributed by atoms with van der Waals surface area (Å²) >= 11 is 0. The highest BCUT2D eigenvalue weighted by Crippen LogP contribution is 2.44. The maximum absolute atomic E-state index is 4.00. The number of fused-ring (bicyclic) bond motifs is 3. The normalized spacial score (nSPS) is 44.9. The van der Waals surface area contributed by atoms with E-state index in [1.54, 1.807) is 0 Å². The molecule has 0 radical (unpaired) electrons. The summed E-state index contributed by atoms with van der Waals surface area (Å²) in [6, 6.07) is 1.56. The van der Waals surface area contributed by atoms with Crippen molar-refractivity contribution in [2.45, 2.75) is 88.9 Å². The van der Waals surface area contributed by atoms with Gasteiger partial charge >= 0.3 is 0 Å². The number of hydrogen-bond donors (Lipinski definition) is 3. The number of nitrogens with one attached hydrogen (secondary N) is 3. The van der Waals surface area contributed by atoms with Crippen molar-refractivity contribution < 1.29 is 0 Å². The van der Waals surface area contributed by atoms with Gasteiger partial charge in [0.1, 0.15) is 0 Å². The predicted octanol–water partition coefficient (Wildman–Crippen LogP) is 2.97. The molecule has 5 atom stereocenters. The Kier molecular flexibility index (Phi) is 4.52. The van der Waals surface area contributed by atoms with Gasteiger partial charge in [-0.2, -0.15) is 0 Å². The smallest absolute Gasteiger partial charge is 0.0627 e. The minimum Gasteiger partial charge on any atom is -0.301 e. The molecule has 3 nitrogen and oxygen atoms in total. The van der Waals surface area contributed by atoms with E-state index in [4.69, 9.17) is 0 Å². The maximum Gasteiger partial charge on any atom is 0.0627 e. The lowest BCUT2D eigenvalue weighted by Gasteiger charge is -2.52. The summed E-state index contributed by atoms with van der Waals surface area (Å²) in [7, 11) is 0. The van der Waals surface area contributed by atoms with E-state index in [-0.39, 0.29) is 0 Å². The summed E-state index contributed by atoms with van der Waals surface area (Å²) in [5, 5.41) is 11.6. The molecule has 0 aromatic heterocycles. The zero-order valence-corrected chi connectivity index (χ0v) is 13.4. The Morgan fingerprint density at radius 2 is 1.48 bits per heavy atom. The van der Waals surface area contributed by atoms with Crippen molar-refractivity contribution in [1.82, 2.24) is 16.0 Å². The third kappa shape index (κ3) is 3.02. The van der Waals surface area contributed by atoms with E-state index in [9.17, 15) is 0 Å². The second-order valence-corrected chi connectivity index (χ2v) is 8.04. The Hall–Kier alpha value is -0.120. The van der Waals surface area contributed by atoms with Crippen LogP contribution in [0.2, 0.25) is 0 Å². The Bertz CT molecular complexity index is 339. The van der Waals surface area contributed by atoms with Gasteiger partial charge in [-0.1, -0.05) is 38.5 Å². The highest BCUT2D eigenvalue weighted by molar-refractivity contribution is 5.00. The van der Waals surface area contributed by atoms with Crippen LogP contribution in [0.5, 0.6) is 0 Å². The Balaban J connectivity index is 1.41. The first kappa shape index (κ1) is 14.5. The van der Waals surface area contributed by atoms with Crippen LogP contribution >= 0.6 is 0 Å². The van der Waals surface area contributed by atoms with Gasteiger partial charge in [0.25, 0.3) is 0 Å². The summed E-state index contributed by atoms with van der Waals surface area (Å²) in [4.78, 5) is 0. The van der Waals surface area contributed by atoms with Gasteiger partial charge in [0, 0.05) is 24.7 Å². The third-order valence-electron chi connectivity index (χ3n) is 6.87. The lowest BCUT2D eigenvalue weighted by molar-refractivity contribution is 0.0270. The van der Waals surface area contributed by atoms with Crippen molar-refractivity contribution in [3.05, 3.63) is 0 Å². The molecule has 3 saturated carbocycles. The van der Waals surface area contributed by atoms with E-state index in [2.05, 4.69) is 16.0 Å². The van der Waals surface area contributed by atoms with Gasteiger partial charge in [-0.3, -0.25) is 10.6 Å². The van der Waals surface area contributed by atoms with Crippen molar-refractivity contribution in [2.75, 3.05) is 6.67 Å². The lowest BCUT2D eigenvalue weighted by Crippen LogP contribution is -2.67. The molecule has 3 aliphatic carbocycles. The summed E-state index contributed by atoms with van der Waals surface area (Å²) in [6.45, 7) is 1.01. The molecule has 120 valence electrons. The molecule has 3 N–H and O–H groups in total. The van der Waals surface area contributed by atoms with Crippen LogP contribution in [0.25, 0.3) is 0 Å². The average molecular weight is 291 g/mol. The molecule has 0 bridgehead atoms. The lowest BCUT2D eigenvalue weighted by atomic mass is 9.63. The Morgan fingerprint density at radius 1 is 0.667 bits per heavy atom. The fourth-order valence-corrected chi connectivity index (χ4v) is 5.79. The maximum atomic E-state index is 4.00. The van der Waals surface area contributed by atoms with Crippen LogP contribution in [0.15, 0.2) is 0 Å². The summed E-state index contributed by atoms with van der Waals surface area (Å²) in [6.07, 6.45) is 16.5. The van der Waals surface area contributed by atoms with Gasteiger partial charge < -0.3 is 5.32 Å². The van der Waals surface area contributed by atoms with Gasteiger partial charge in [-0.05, 0) is 43.9 Å². The molecule has 4 rings (SSSR count). The minimum absolute atomic E-state index is 0.572. The van der Waals surface area contributed by atoms with E-state index in [0.29, 0.717) is 6.17 Å². The molecule has 0 amide bonds. The zero-order valence-electron chi connectivity index (χ0n) is 13.4. The first-order valence-corrected chi connectivity index (χ1v) is 9.64. The summed E-state index contributed by atoms with van der Waals surface area (Å²) < 4.78 is 0. The second-order valence-electron chi connectivity index (χ2n) is 8.04. The standard InChI is InChI=1S/C18H33N3/c1-2-7-14(8-3-1)21-18-16-11-10-13-6-4-5-9-15(13)17(16)19-12-20-18/h13-21H,1-12H2. The molecule has 21 heavy (non-hydrogen) atoms. The van der Waals surface area contributed by atoms with Gasteiger partial charge in [0.15, 0.2) is 0 Å². The molecular formula is C18H33N3. The number of hydrogen-bond acceptors (Lipinski definition) is 3. The van der Waals surface area contributed by atoms with Gasteiger partial charge in [0.2, 0.25) is 0 Å². The van der Waals surface area contributed by atoms with Crippen molar-refractivity contribution in [3.63, 3.8) is 0 Å². The van der Waals surface area contributed by atoms with E-state index >= 15 is 0 Å².